The lowest BCUT2D eigenvalue weighted by Gasteiger charge is -2.09. The average molecular weight is 348 g/mol. The fourth-order valence-corrected chi connectivity index (χ4v) is 2.62. The van der Waals surface area contributed by atoms with Crippen molar-refractivity contribution in [3.8, 4) is 11.5 Å². The number of hydrogen-bond donors (Lipinski definition) is 1. The Morgan fingerprint density at radius 3 is 2.54 bits per heavy atom. The van der Waals surface area contributed by atoms with E-state index in [0.29, 0.717) is 24.8 Å². The molecule has 1 aromatic carbocycles. The van der Waals surface area contributed by atoms with Crippen LogP contribution in [0.2, 0.25) is 0 Å². The summed E-state index contributed by atoms with van der Waals surface area (Å²) in [7, 11) is 0. The Morgan fingerprint density at radius 2 is 1.88 bits per heavy atom. The van der Waals surface area contributed by atoms with Gasteiger partial charge in [0.1, 0.15) is 18.1 Å². The zero-order chi connectivity index (χ0) is 17.2. The molecule has 0 radical (unpaired) electrons. The van der Waals surface area contributed by atoms with Crippen LogP contribution in [0.1, 0.15) is 6.92 Å². The van der Waals surface area contributed by atoms with E-state index in [-0.39, 0.29) is 11.7 Å². The van der Waals surface area contributed by atoms with E-state index in [1.807, 2.05) is 31.2 Å². The van der Waals surface area contributed by atoms with E-state index < -0.39 is 0 Å². The van der Waals surface area contributed by atoms with Gasteiger partial charge in [-0.1, -0.05) is 0 Å². The van der Waals surface area contributed by atoms with Crippen molar-refractivity contribution < 1.29 is 19.0 Å². The van der Waals surface area contributed by atoms with Gasteiger partial charge in [-0.3, -0.25) is 4.79 Å². The summed E-state index contributed by atoms with van der Waals surface area (Å²) in [6.45, 7) is 3.33. The lowest BCUT2D eigenvalue weighted by atomic mass is 10.3. The molecule has 0 spiro atoms. The van der Waals surface area contributed by atoms with Crippen LogP contribution in [0.4, 0.5) is 0 Å². The summed E-state index contributed by atoms with van der Waals surface area (Å²) in [6.07, 6.45) is 1.41. The zero-order valence-corrected chi connectivity index (χ0v) is 14.3. The second kappa shape index (κ2) is 9.67. The maximum absolute atomic E-state index is 11.7. The van der Waals surface area contributed by atoms with Crippen LogP contribution in [0.25, 0.3) is 0 Å². The highest BCUT2D eigenvalue weighted by atomic mass is 32.2. The highest BCUT2D eigenvalue weighted by molar-refractivity contribution is 7.99. The van der Waals surface area contributed by atoms with E-state index in [1.54, 1.807) is 18.2 Å². The van der Waals surface area contributed by atoms with Gasteiger partial charge in [0, 0.05) is 12.1 Å². The number of rotatable bonds is 9. The third-order valence-electron chi connectivity index (χ3n) is 2.97. The molecule has 6 nitrogen and oxygen atoms in total. The van der Waals surface area contributed by atoms with Crippen molar-refractivity contribution in [3.63, 3.8) is 0 Å². The fraction of sp³-hybridized carbons (Fsp3) is 0.294. The second-order valence-electron chi connectivity index (χ2n) is 4.76. The van der Waals surface area contributed by atoms with Crippen molar-refractivity contribution >= 4 is 17.7 Å². The predicted molar refractivity (Wildman–Crippen MR) is 92.2 cm³/mol. The molecule has 0 fully saturated rings. The van der Waals surface area contributed by atoms with Crippen molar-refractivity contribution in [2.45, 2.75) is 11.9 Å². The molecular weight excluding hydrogens is 328 g/mol. The zero-order valence-electron chi connectivity index (χ0n) is 13.4. The van der Waals surface area contributed by atoms with Crippen molar-refractivity contribution in [2.24, 2.45) is 0 Å². The van der Waals surface area contributed by atoms with Crippen LogP contribution in [0.3, 0.4) is 0 Å². The van der Waals surface area contributed by atoms with E-state index in [2.05, 4.69) is 5.32 Å². The first-order valence-corrected chi connectivity index (χ1v) is 8.61. The molecule has 7 heteroatoms. The number of amides is 1. The molecule has 2 aromatic rings. The molecule has 0 aliphatic carbocycles. The number of ether oxygens (including phenoxy) is 2. The summed E-state index contributed by atoms with van der Waals surface area (Å²) in [6, 6.07) is 12.4. The van der Waals surface area contributed by atoms with E-state index in [9.17, 15) is 10.0 Å². The topological polar surface area (TPSA) is 74.5 Å². The van der Waals surface area contributed by atoms with Crippen molar-refractivity contribution in [1.29, 1.82) is 0 Å². The number of thioether (sulfide) groups is 1. The van der Waals surface area contributed by atoms with Crippen LogP contribution in [-0.4, -0.2) is 31.4 Å². The van der Waals surface area contributed by atoms with Crippen LogP contribution in [0, 0.1) is 5.21 Å². The largest absolute Gasteiger partial charge is 0.618 e. The standard InChI is InChI=1S/C17H20N2O4S/c1-2-22-14-6-8-15(9-7-14)23-12-10-18-16(20)13-24-17-5-3-4-11-19(17)21/h3-9,11H,2,10,12-13H2,1H3,(H,18,20). The summed E-state index contributed by atoms with van der Waals surface area (Å²) < 4.78 is 11.6. The molecule has 0 saturated heterocycles. The van der Waals surface area contributed by atoms with E-state index in [1.165, 1.54) is 18.0 Å². The Bertz CT molecular complexity index is 649. The van der Waals surface area contributed by atoms with Gasteiger partial charge in [0.05, 0.1) is 18.9 Å². The SMILES string of the molecule is CCOc1ccc(OCCNC(=O)CSc2cccc[n+]2[O-])cc1. The maximum atomic E-state index is 11.7. The first kappa shape index (κ1) is 17.9. The number of nitrogens with zero attached hydrogens (tertiary/aromatic N) is 1. The highest BCUT2D eigenvalue weighted by Gasteiger charge is 2.08. The summed E-state index contributed by atoms with van der Waals surface area (Å²) in [5.74, 6) is 1.57. The van der Waals surface area contributed by atoms with Gasteiger partial charge in [0.2, 0.25) is 5.91 Å². The number of carbonyl (C=O) groups excluding carboxylic acids is 1. The molecule has 0 bridgehead atoms. The molecular formula is C17H20N2O4S. The average Bonchev–Trinajstić information content (AvgIpc) is 2.60. The quantitative estimate of drug-likeness (QED) is 0.325. The Kier molecular flexibility index (Phi) is 7.22. The number of hydrogen-bond acceptors (Lipinski definition) is 5. The Hall–Kier alpha value is -2.41. The smallest absolute Gasteiger partial charge is 0.251 e. The molecule has 2 rings (SSSR count). The predicted octanol–water partition coefficient (Wildman–Crippen LogP) is 2.01. The van der Waals surface area contributed by atoms with Crippen molar-refractivity contribution in [1.82, 2.24) is 5.32 Å². The van der Waals surface area contributed by atoms with Gasteiger partial charge < -0.3 is 20.0 Å². The highest BCUT2D eigenvalue weighted by Crippen LogP contribution is 2.17. The molecule has 0 unspecified atom stereocenters. The monoisotopic (exact) mass is 348 g/mol. The van der Waals surface area contributed by atoms with Crippen molar-refractivity contribution in [3.05, 3.63) is 53.9 Å². The maximum Gasteiger partial charge on any atom is 0.251 e. The van der Waals surface area contributed by atoms with Gasteiger partial charge in [-0.2, -0.15) is 4.73 Å². The van der Waals surface area contributed by atoms with E-state index in [0.717, 1.165) is 16.2 Å². The number of pyridine rings is 1. The van der Waals surface area contributed by atoms with Crippen LogP contribution < -0.4 is 19.5 Å². The number of carbonyl (C=O) groups is 1. The normalized spacial score (nSPS) is 10.2. The summed E-state index contributed by atoms with van der Waals surface area (Å²) in [4.78, 5) is 11.7. The number of nitrogens with one attached hydrogen (secondary N) is 1. The van der Waals surface area contributed by atoms with Gasteiger partial charge in [0.15, 0.2) is 6.20 Å². The Morgan fingerprint density at radius 1 is 1.17 bits per heavy atom. The number of benzene rings is 1. The van der Waals surface area contributed by atoms with E-state index in [4.69, 9.17) is 9.47 Å². The van der Waals surface area contributed by atoms with Gasteiger partial charge >= 0.3 is 0 Å². The molecule has 1 amide bonds. The number of aromatic nitrogens is 1. The molecule has 1 aromatic heterocycles. The lowest BCUT2D eigenvalue weighted by Crippen LogP contribution is -2.31. The third-order valence-corrected chi connectivity index (χ3v) is 3.99. The molecule has 1 heterocycles. The molecule has 1 N–H and O–H groups in total. The molecule has 0 atom stereocenters. The molecule has 128 valence electrons. The van der Waals surface area contributed by atoms with Crippen LogP contribution in [-0.2, 0) is 4.79 Å². The minimum Gasteiger partial charge on any atom is -0.618 e. The van der Waals surface area contributed by atoms with Crippen LogP contribution >= 0.6 is 11.8 Å². The third kappa shape index (κ3) is 6.00. The minimum atomic E-state index is -0.140. The Balaban J connectivity index is 1.63. The molecule has 0 aliphatic heterocycles. The Labute approximate surface area is 145 Å². The lowest BCUT2D eigenvalue weighted by molar-refractivity contribution is -0.645. The van der Waals surface area contributed by atoms with Gasteiger partial charge in [0.25, 0.3) is 5.03 Å². The first-order chi connectivity index (χ1) is 11.7. The van der Waals surface area contributed by atoms with Gasteiger partial charge in [-0.25, -0.2) is 0 Å². The fourth-order valence-electron chi connectivity index (χ4n) is 1.87. The molecule has 0 aliphatic rings. The second-order valence-corrected chi connectivity index (χ2v) is 5.75. The minimum absolute atomic E-state index is 0.140. The molecule has 0 saturated carbocycles. The van der Waals surface area contributed by atoms with E-state index >= 15 is 0 Å². The van der Waals surface area contributed by atoms with Crippen molar-refractivity contribution in [2.75, 3.05) is 25.5 Å². The summed E-state index contributed by atoms with van der Waals surface area (Å²) in [5.41, 5.74) is 0. The summed E-state index contributed by atoms with van der Waals surface area (Å²) >= 11 is 1.20. The van der Waals surface area contributed by atoms with Gasteiger partial charge in [-0.05, 0) is 49.0 Å². The molecule has 24 heavy (non-hydrogen) atoms. The first-order valence-electron chi connectivity index (χ1n) is 7.62. The van der Waals surface area contributed by atoms with Crippen LogP contribution in [0.5, 0.6) is 11.5 Å². The van der Waals surface area contributed by atoms with Crippen LogP contribution in [0.15, 0.2) is 53.7 Å². The van der Waals surface area contributed by atoms with Gasteiger partial charge in [-0.15, -0.1) is 0 Å². The summed E-state index contributed by atoms with van der Waals surface area (Å²) in [5, 5.41) is 14.7.